The number of carbonyl (C=O) groups excluding carboxylic acids is 1. The van der Waals surface area contributed by atoms with Crippen LogP contribution in [-0.4, -0.2) is 26.9 Å². The molecule has 0 aliphatic heterocycles. The number of nitrogens with zero attached hydrogens (tertiary/aromatic N) is 2. The third kappa shape index (κ3) is 3.74. The first-order valence-electron chi connectivity index (χ1n) is 5.30. The van der Waals surface area contributed by atoms with Gasteiger partial charge in [0.15, 0.2) is 0 Å². The Hall–Kier alpha value is -1.56. The quantitative estimate of drug-likeness (QED) is 0.776. The zero-order chi connectivity index (χ0) is 13.0. The maximum atomic E-state index is 11.8. The van der Waals surface area contributed by atoms with Crippen molar-refractivity contribution in [3.05, 3.63) is 23.8 Å². The third-order valence-corrected chi connectivity index (χ3v) is 2.53. The van der Waals surface area contributed by atoms with Gasteiger partial charge in [0.1, 0.15) is 5.69 Å². The minimum Gasteiger partial charge on any atom is -0.392 e. The molecule has 3 N–H and O–H groups in total. The predicted octanol–water partition coefficient (Wildman–Crippen LogP) is 0.826. The van der Waals surface area contributed by atoms with Crippen LogP contribution in [0.25, 0.3) is 0 Å². The van der Waals surface area contributed by atoms with E-state index in [1.54, 1.807) is 13.1 Å². The Morgan fingerprint density at radius 2 is 2.06 bits per heavy atom. The summed E-state index contributed by atoms with van der Waals surface area (Å²) in [6.45, 7) is 5.68. The van der Waals surface area contributed by atoms with Crippen LogP contribution in [0.3, 0.4) is 0 Å². The molecule has 92 valence electrons. The summed E-state index contributed by atoms with van der Waals surface area (Å²) in [5.74, 6) is -0.182. The lowest BCUT2D eigenvalue weighted by molar-refractivity contribution is 0.0934. The third-order valence-electron chi connectivity index (χ3n) is 2.27. The van der Waals surface area contributed by atoms with Crippen LogP contribution in [0.5, 0.6) is 0 Å². The Morgan fingerprint density at radius 3 is 2.47 bits per heavy atom. The summed E-state index contributed by atoms with van der Waals surface area (Å²) in [5, 5.41) is 2.74. The molecule has 0 aliphatic carbocycles. The molecule has 1 aromatic rings. The molecule has 1 amide bonds. The van der Waals surface area contributed by atoms with Gasteiger partial charge in [0.25, 0.3) is 5.91 Å². The highest BCUT2D eigenvalue weighted by Gasteiger charge is 2.20. The van der Waals surface area contributed by atoms with Gasteiger partial charge in [-0.1, -0.05) is 26.1 Å². The van der Waals surface area contributed by atoms with Crippen molar-refractivity contribution in [1.82, 2.24) is 15.3 Å². The number of aromatic nitrogens is 2. The fourth-order valence-corrected chi connectivity index (χ4v) is 1.62. The number of thiocarbonyl (C=S) groups is 1. The highest BCUT2D eigenvalue weighted by Crippen LogP contribution is 2.03. The van der Waals surface area contributed by atoms with E-state index in [0.29, 0.717) is 0 Å². The fourth-order valence-electron chi connectivity index (χ4n) is 1.29. The lowest BCUT2D eigenvalue weighted by Crippen LogP contribution is -2.47. The van der Waals surface area contributed by atoms with Crippen LogP contribution in [0.15, 0.2) is 12.4 Å². The molecule has 1 heterocycles. The summed E-state index contributed by atoms with van der Waals surface area (Å²) in [5.41, 5.74) is 6.59. The van der Waals surface area contributed by atoms with Gasteiger partial charge >= 0.3 is 0 Å². The Balaban J connectivity index is 2.77. The number of rotatable bonds is 4. The zero-order valence-corrected chi connectivity index (χ0v) is 10.9. The number of hydrogen-bond acceptors (Lipinski definition) is 4. The molecule has 0 fully saturated rings. The molecule has 5 nitrogen and oxygen atoms in total. The Bertz CT molecular complexity index is 416. The predicted molar refractivity (Wildman–Crippen MR) is 69.6 cm³/mol. The smallest absolute Gasteiger partial charge is 0.272 e. The first-order valence-corrected chi connectivity index (χ1v) is 5.71. The molecular formula is C11H16N4OS. The molecule has 6 heteroatoms. The summed E-state index contributed by atoms with van der Waals surface area (Å²) in [7, 11) is 0. The first-order chi connectivity index (χ1) is 7.91. The van der Waals surface area contributed by atoms with Gasteiger partial charge in [-0.15, -0.1) is 0 Å². The molecule has 1 atom stereocenters. The van der Waals surface area contributed by atoms with Crippen LogP contribution >= 0.6 is 12.2 Å². The van der Waals surface area contributed by atoms with E-state index in [1.165, 1.54) is 6.20 Å². The van der Waals surface area contributed by atoms with Crippen molar-refractivity contribution < 1.29 is 4.79 Å². The highest BCUT2D eigenvalue weighted by molar-refractivity contribution is 7.80. The van der Waals surface area contributed by atoms with E-state index in [0.717, 1.165) is 5.69 Å². The maximum absolute atomic E-state index is 11.8. The summed E-state index contributed by atoms with van der Waals surface area (Å²) >= 11 is 4.91. The minimum absolute atomic E-state index is 0.134. The van der Waals surface area contributed by atoms with Crippen molar-refractivity contribution in [1.29, 1.82) is 0 Å². The van der Waals surface area contributed by atoms with Gasteiger partial charge in [-0.25, -0.2) is 4.98 Å². The van der Waals surface area contributed by atoms with Gasteiger partial charge in [0, 0.05) is 6.20 Å². The summed E-state index contributed by atoms with van der Waals surface area (Å²) in [4.78, 5) is 20.1. The van der Waals surface area contributed by atoms with E-state index in [1.807, 2.05) is 13.8 Å². The number of carbonyl (C=O) groups is 1. The van der Waals surface area contributed by atoms with Crippen LogP contribution in [0, 0.1) is 12.8 Å². The average Bonchev–Trinajstić information content (AvgIpc) is 2.25. The second-order valence-corrected chi connectivity index (χ2v) is 4.61. The van der Waals surface area contributed by atoms with Crippen molar-refractivity contribution in [2.24, 2.45) is 11.7 Å². The largest absolute Gasteiger partial charge is 0.392 e. The minimum atomic E-state index is -0.333. The second-order valence-electron chi connectivity index (χ2n) is 4.14. The van der Waals surface area contributed by atoms with Gasteiger partial charge in [0.2, 0.25) is 0 Å². The Kier molecular flexibility index (Phi) is 4.51. The monoisotopic (exact) mass is 252 g/mol. The number of nitrogens with one attached hydrogen (secondary N) is 1. The maximum Gasteiger partial charge on any atom is 0.272 e. The van der Waals surface area contributed by atoms with E-state index < -0.39 is 0 Å². The standard InChI is InChI=1S/C11H16N4OS/c1-6(2)9(10(12)17)15-11(16)8-5-13-7(3)4-14-8/h4-6,9H,1-3H3,(H2,12,17)(H,15,16). The van der Waals surface area contributed by atoms with Gasteiger partial charge in [-0.2, -0.15) is 0 Å². The summed E-state index contributed by atoms with van der Waals surface area (Å²) in [6, 6.07) is -0.333. The van der Waals surface area contributed by atoms with E-state index in [4.69, 9.17) is 18.0 Å². The molecule has 1 aromatic heterocycles. The van der Waals surface area contributed by atoms with E-state index in [9.17, 15) is 4.79 Å². The van der Waals surface area contributed by atoms with Crippen molar-refractivity contribution in [2.75, 3.05) is 0 Å². The van der Waals surface area contributed by atoms with Crippen molar-refractivity contribution in [3.63, 3.8) is 0 Å². The zero-order valence-electron chi connectivity index (χ0n) is 10.1. The molecular weight excluding hydrogens is 236 g/mol. The van der Waals surface area contributed by atoms with E-state index in [2.05, 4.69) is 15.3 Å². The van der Waals surface area contributed by atoms with Gasteiger partial charge in [-0.3, -0.25) is 9.78 Å². The molecule has 0 saturated carbocycles. The van der Waals surface area contributed by atoms with Crippen LogP contribution in [0.4, 0.5) is 0 Å². The summed E-state index contributed by atoms with van der Waals surface area (Å²) in [6.07, 6.45) is 2.97. The van der Waals surface area contributed by atoms with Crippen LogP contribution in [0.1, 0.15) is 30.0 Å². The van der Waals surface area contributed by atoms with Crippen molar-refractivity contribution in [3.8, 4) is 0 Å². The summed E-state index contributed by atoms with van der Waals surface area (Å²) < 4.78 is 0. The van der Waals surface area contributed by atoms with E-state index >= 15 is 0 Å². The Morgan fingerprint density at radius 1 is 1.41 bits per heavy atom. The molecule has 0 bridgehead atoms. The number of hydrogen-bond donors (Lipinski definition) is 2. The molecule has 0 aliphatic rings. The lowest BCUT2D eigenvalue weighted by atomic mass is 10.0. The van der Waals surface area contributed by atoms with Crippen LogP contribution in [0.2, 0.25) is 0 Å². The average molecular weight is 252 g/mol. The van der Waals surface area contributed by atoms with Gasteiger partial charge in [0.05, 0.1) is 22.9 Å². The lowest BCUT2D eigenvalue weighted by Gasteiger charge is -2.20. The highest BCUT2D eigenvalue weighted by atomic mass is 32.1. The Labute approximate surface area is 106 Å². The number of amides is 1. The molecule has 0 saturated heterocycles. The van der Waals surface area contributed by atoms with Crippen molar-refractivity contribution >= 4 is 23.1 Å². The molecule has 0 aromatic carbocycles. The number of aryl methyl sites for hydroxylation is 1. The molecule has 1 unspecified atom stereocenters. The second kappa shape index (κ2) is 5.67. The van der Waals surface area contributed by atoms with Gasteiger partial charge < -0.3 is 11.1 Å². The molecule has 0 radical (unpaired) electrons. The normalized spacial score (nSPS) is 12.2. The van der Waals surface area contributed by atoms with E-state index in [-0.39, 0.29) is 28.5 Å². The topological polar surface area (TPSA) is 80.9 Å². The van der Waals surface area contributed by atoms with Crippen LogP contribution in [-0.2, 0) is 0 Å². The number of nitrogens with two attached hydrogens (primary N) is 1. The SMILES string of the molecule is Cc1cnc(C(=O)NC(C(N)=S)C(C)C)cn1. The fraction of sp³-hybridized carbons (Fsp3) is 0.455. The van der Waals surface area contributed by atoms with Crippen molar-refractivity contribution in [2.45, 2.75) is 26.8 Å². The molecule has 1 rings (SSSR count). The molecule has 17 heavy (non-hydrogen) atoms. The molecule has 0 spiro atoms. The first kappa shape index (κ1) is 13.5. The van der Waals surface area contributed by atoms with Crippen LogP contribution < -0.4 is 11.1 Å². The van der Waals surface area contributed by atoms with Gasteiger partial charge in [-0.05, 0) is 12.8 Å².